The van der Waals surface area contributed by atoms with E-state index in [1.807, 2.05) is 12.1 Å². The molecular formula is C15H18N2O2S. The third-order valence-electron chi connectivity index (χ3n) is 3.92. The Labute approximate surface area is 122 Å². The van der Waals surface area contributed by atoms with Crippen molar-refractivity contribution in [3.63, 3.8) is 0 Å². The van der Waals surface area contributed by atoms with Gasteiger partial charge in [0.15, 0.2) is 5.16 Å². The highest BCUT2D eigenvalue weighted by Gasteiger charge is 2.22. The number of para-hydroxylation sites is 1. The van der Waals surface area contributed by atoms with Crippen LogP contribution in [0.1, 0.15) is 24.8 Å². The van der Waals surface area contributed by atoms with Gasteiger partial charge in [-0.2, -0.15) is 0 Å². The Balaban J connectivity index is 1.99. The molecule has 1 N–H and O–H groups in total. The number of fused-ring (bicyclic) bond motifs is 1. The van der Waals surface area contributed by atoms with Crippen LogP contribution in [0.4, 0.5) is 0 Å². The highest BCUT2D eigenvalue weighted by atomic mass is 32.2. The molecule has 3 rings (SSSR count). The Bertz CT molecular complexity index is 647. The van der Waals surface area contributed by atoms with Gasteiger partial charge < -0.3 is 9.67 Å². The summed E-state index contributed by atoms with van der Waals surface area (Å²) >= 11 is 1.32. The molecule has 0 unspecified atom stereocenters. The Morgan fingerprint density at radius 3 is 2.95 bits per heavy atom. The number of hydrogen-bond acceptors (Lipinski definition) is 3. The Hall–Kier alpha value is -1.49. The lowest BCUT2D eigenvalue weighted by Gasteiger charge is -2.26. The van der Waals surface area contributed by atoms with Gasteiger partial charge in [-0.1, -0.05) is 30.3 Å². The summed E-state index contributed by atoms with van der Waals surface area (Å²) in [5, 5.41) is 9.71. The maximum Gasteiger partial charge on any atom is 0.313 e. The van der Waals surface area contributed by atoms with Gasteiger partial charge in [-0.15, -0.1) is 0 Å². The van der Waals surface area contributed by atoms with Crippen molar-refractivity contribution in [2.45, 2.75) is 37.9 Å². The molecule has 5 heteroatoms. The molecule has 2 aromatic rings. The minimum absolute atomic E-state index is 0.0625. The molecule has 0 bridgehead atoms. The van der Waals surface area contributed by atoms with Gasteiger partial charge >= 0.3 is 5.97 Å². The number of aromatic nitrogens is 2. The van der Waals surface area contributed by atoms with Crippen molar-refractivity contribution < 1.29 is 9.90 Å². The van der Waals surface area contributed by atoms with Crippen LogP contribution in [-0.4, -0.2) is 26.4 Å². The van der Waals surface area contributed by atoms with Gasteiger partial charge in [0.1, 0.15) is 0 Å². The summed E-state index contributed by atoms with van der Waals surface area (Å²) in [7, 11) is 0. The molecule has 1 fully saturated rings. The van der Waals surface area contributed by atoms with Crippen LogP contribution in [-0.2, 0) is 11.3 Å². The minimum atomic E-state index is -0.797. The largest absolute Gasteiger partial charge is 0.481 e. The molecule has 0 spiro atoms. The van der Waals surface area contributed by atoms with Crippen LogP contribution in [0.2, 0.25) is 0 Å². The van der Waals surface area contributed by atoms with Gasteiger partial charge in [0.2, 0.25) is 0 Å². The first-order valence-electron chi connectivity index (χ1n) is 6.95. The molecule has 0 aliphatic heterocycles. The van der Waals surface area contributed by atoms with E-state index in [0.717, 1.165) is 28.7 Å². The van der Waals surface area contributed by atoms with Gasteiger partial charge in [0.05, 0.1) is 16.8 Å². The molecule has 4 nitrogen and oxygen atoms in total. The van der Waals surface area contributed by atoms with Crippen LogP contribution in [0, 0.1) is 12.8 Å². The van der Waals surface area contributed by atoms with E-state index in [-0.39, 0.29) is 5.75 Å². The summed E-state index contributed by atoms with van der Waals surface area (Å²) in [6.45, 7) is 3.05. The summed E-state index contributed by atoms with van der Waals surface area (Å²) < 4.78 is 2.22. The molecule has 1 saturated carbocycles. The normalized spacial score (nSPS) is 15.4. The van der Waals surface area contributed by atoms with Crippen molar-refractivity contribution in [2.24, 2.45) is 5.92 Å². The Kier molecular flexibility index (Phi) is 3.70. The van der Waals surface area contributed by atoms with E-state index in [1.165, 1.54) is 36.6 Å². The predicted octanol–water partition coefficient (Wildman–Crippen LogP) is 3.32. The van der Waals surface area contributed by atoms with Crippen molar-refractivity contribution in [1.29, 1.82) is 0 Å². The van der Waals surface area contributed by atoms with Crippen molar-refractivity contribution in [2.75, 3.05) is 5.75 Å². The van der Waals surface area contributed by atoms with Gasteiger partial charge in [-0.25, -0.2) is 4.98 Å². The van der Waals surface area contributed by atoms with Crippen molar-refractivity contribution in [3.05, 3.63) is 23.8 Å². The molecule has 0 atom stereocenters. The highest BCUT2D eigenvalue weighted by Crippen LogP contribution is 2.33. The van der Waals surface area contributed by atoms with Crippen LogP contribution >= 0.6 is 11.8 Å². The lowest BCUT2D eigenvalue weighted by Crippen LogP contribution is -2.19. The molecule has 20 heavy (non-hydrogen) atoms. The zero-order valence-electron chi connectivity index (χ0n) is 11.5. The summed E-state index contributed by atoms with van der Waals surface area (Å²) in [5.41, 5.74) is 3.33. The minimum Gasteiger partial charge on any atom is -0.481 e. The lowest BCUT2D eigenvalue weighted by atomic mass is 9.85. The second kappa shape index (κ2) is 5.48. The molecule has 0 saturated heterocycles. The first kappa shape index (κ1) is 13.5. The fraction of sp³-hybridized carbons (Fsp3) is 0.467. The number of carboxylic acids is 1. The van der Waals surface area contributed by atoms with Crippen LogP contribution in [0.5, 0.6) is 0 Å². The Morgan fingerprint density at radius 2 is 2.30 bits per heavy atom. The number of imidazole rings is 1. The van der Waals surface area contributed by atoms with E-state index in [4.69, 9.17) is 5.11 Å². The number of hydrogen-bond donors (Lipinski definition) is 1. The van der Waals surface area contributed by atoms with Gasteiger partial charge in [-0.05, 0) is 37.3 Å². The standard InChI is InChI=1S/C15H18N2O2S/c1-10-4-2-7-12-14(10)17(8-11-5-3-6-11)15(16-12)20-9-13(18)19/h2,4,7,11H,3,5-6,8-9H2,1H3,(H,18,19). The van der Waals surface area contributed by atoms with Crippen molar-refractivity contribution in [1.82, 2.24) is 9.55 Å². The van der Waals surface area contributed by atoms with Crippen molar-refractivity contribution in [3.8, 4) is 0 Å². The maximum atomic E-state index is 10.8. The summed E-state index contributed by atoms with van der Waals surface area (Å²) in [4.78, 5) is 15.4. The summed E-state index contributed by atoms with van der Waals surface area (Å²) in [6.07, 6.45) is 3.86. The number of carboxylic acid groups (broad SMARTS) is 1. The quantitative estimate of drug-likeness (QED) is 0.858. The average Bonchev–Trinajstić information content (AvgIpc) is 2.70. The number of thioether (sulfide) groups is 1. The summed E-state index contributed by atoms with van der Waals surface area (Å²) in [5.74, 6) is -0.0160. The zero-order chi connectivity index (χ0) is 14.1. The number of rotatable bonds is 5. The topological polar surface area (TPSA) is 55.1 Å². The molecule has 0 radical (unpaired) electrons. The predicted molar refractivity (Wildman–Crippen MR) is 80.2 cm³/mol. The smallest absolute Gasteiger partial charge is 0.313 e. The molecule has 1 aromatic carbocycles. The third kappa shape index (κ3) is 2.54. The molecule has 106 valence electrons. The molecule has 1 aliphatic rings. The number of carbonyl (C=O) groups is 1. The van der Waals surface area contributed by atoms with E-state index < -0.39 is 5.97 Å². The van der Waals surface area contributed by atoms with Crippen LogP contribution in [0.25, 0.3) is 11.0 Å². The zero-order valence-corrected chi connectivity index (χ0v) is 12.3. The fourth-order valence-electron chi connectivity index (χ4n) is 2.68. The third-order valence-corrected chi connectivity index (χ3v) is 4.88. The number of nitrogens with zero attached hydrogens (tertiary/aromatic N) is 2. The van der Waals surface area contributed by atoms with E-state index in [2.05, 4.69) is 22.5 Å². The van der Waals surface area contributed by atoms with Crippen molar-refractivity contribution >= 4 is 28.8 Å². The molecule has 0 amide bonds. The fourth-order valence-corrected chi connectivity index (χ4v) is 3.42. The van der Waals surface area contributed by atoms with E-state index in [1.54, 1.807) is 0 Å². The first-order valence-corrected chi connectivity index (χ1v) is 7.94. The van der Waals surface area contributed by atoms with Gasteiger partial charge in [0.25, 0.3) is 0 Å². The van der Waals surface area contributed by atoms with E-state index in [9.17, 15) is 4.79 Å². The second-order valence-electron chi connectivity index (χ2n) is 5.43. The second-order valence-corrected chi connectivity index (χ2v) is 6.37. The SMILES string of the molecule is Cc1cccc2nc(SCC(=O)O)n(CC3CCC3)c12. The Morgan fingerprint density at radius 1 is 1.50 bits per heavy atom. The number of aryl methyl sites for hydroxylation is 1. The molecular weight excluding hydrogens is 272 g/mol. The lowest BCUT2D eigenvalue weighted by molar-refractivity contribution is -0.133. The van der Waals surface area contributed by atoms with E-state index in [0.29, 0.717) is 0 Å². The first-order chi connectivity index (χ1) is 9.65. The molecule has 1 heterocycles. The van der Waals surface area contributed by atoms with Gasteiger partial charge in [-0.3, -0.25) is 4.79 Å². The molecule has 1 aliphatic carbocycles. The van der Waals surface area contributed by atoms with E-state index >= 15 is 0 Å². The van der Waals surface area contributed by atoms with Crippen LogP contribution in [0.3, 0.4) is 0 Å². The van der Waals surface area contributed by atoms with Crippen LogP contribution < -0.4 is 0 Å². The average molecular weight is 290 g/mol. The monoisotopic (exact) mass is 290 g/mol. The number of benzene rings is 1. The van der Waals surface area contributed by atoms with Crippen LogP contribution in [0.15, 0.2) is 23.4 Å². The van der Waals surface area contributed by atoms with Gasteiger partial charge in [0, 0.05) is 6.54 Å². The highest BCUT2D eigenvalue weighted by molar-refractivity contribution is 7.99. The molecule has 1 aromatic heterocycles. The summed E-state index contributed by atoms with van der Waals surface area (Å²) in [6, 6.07) is 6.10. The number of aliphatic carboxylic acids is 1. The maximum absolute atomic E-state index is 10.8.